The maximum absolute atomic E-state index is 11.8. The number of fused-ring (bicyclic) bond motifs is 1. The Bertz CT molecular complexity index is 1170. The van der Waals surface area contributed by atoms with Crippen molar-refractivity contribution in [3.05, 3.63) is 42.5 Å². The molecule has 3 aromatic carbocycles. The molecule has 0 saturated heterocycles. The average Bonchev–Trinajstić information content (AvgIpc) is 2.54. The first kappa shape index (κ1) is 20.9. The molecular formula is C16H13N4NaO5S. The van der Waals surface area contributed by atoms with Crippen LogP contribution in [-0.4, -0.2) is 18.1 Å². The summed E-state index contributed by atoms with van der Waals surface area (Å²) < 4.78 is 32.8. The summed E-state index contributed by atoms with van der Waals surface area (Å²) in [5, 5.41) is 30.1. The first-order valence-corrected chi connectivity index (χ1v) is 8.62. The number of hydrogen-bond acceptors (Lipinski definition) is 8. The average molecular weight is 396 g/mol. The van der Waals surface area contributed by atoms with Crippen LogP contribution < -0.4 is 46.1 Å². The Balaban J connectivity index is 0.00000261. The molecule has 3 aromatic rings. The molecule has 0 spiro atoms. The molecule has 6 N–H and O–H groups in total. The monoisotopic (exact) mass is 396 g/mol. The third kappa shape index (κ3) is 4.31. The van der Waals surface area contributed by atoms with Crippen LogP contribution in [-0.2, 0) is 10.1 Å². The predicted molar refractivity (Wildman–Crippen MR) is 94.3 cm³/mol. The second-order valence-electron chi connectivity index (χ2n) is 5.45. The number of nitrogen functional groups attached to an aromatic ring is 2. The van der Waals surface area contributed by atoms with Gasteiger partial charge in [-0.15, -0.1) is 5.11 Å². The van der Waals surface area contributed by atoms with Gasteiger partial charge in [0.2, 0.25) is 0 Å². The molecule has 3 rings (SSSR count). The van der Waals surface area contributed by atoms with Crippen LogP contribution in [0.3, 0.4) is 0 Å². The van der Waals surface area contributed by atoms with Crippen molar-refractivity contribution in [2.24, 2.45) is 10.2 Å². The summed E-state index contributed by atoms with van der Waals surface area (Å²) in [5.74, 6) is -1.06. The molecule has 0 amide bonds. The minimum atomic E-state index is -4.73. The molecule has 0 heterocycles. The molecule has 0 aliphatic carbocycles. The van der Waals surface area contributed by atoms with E-state index in [9.17, 15) is 23.2 Å². The van der Waals surface area contributed by atoms with Crippen LogP contribution in [0.2, 0.25) is 0 Å². The molecule has 0 fully saturated rings. The standard InChI is InChI=1S/C16H14N4O5S.Na/c17-9-1-3-11-8(5-9)6-14(26(23,24)25)15(16(11)22)20-19-12-4-2-10(18)7-13(12)21;/h1-7,21-22H,17-18H2,(H,23,24,25);/q;+1/p-1. The van der Waals surface area contributed by atoms with Gasteiger partial charge in [-0.3, -0.25) is 4.55 Å². The zero-order chi connectivity index (χ0) is 19.1. The fourth-order valence-corrected chi connectivity index (χ4v) is 3.04. The van der Waals surface area contributed by atoms with Crippen molar-refractivity contribution in [2.45, 2.75) is 4.90 Å². The van der Waals surface area contributed by atoms with Crippen LogP contribution in [0.15, 0.2) is 57.6 Å². The summed E-state index contributed by atoms with van der Waals surface area (Å²) in [7, 11) is -4.73. The number of nitrogens with two attached hydrogens (primary N) is 2. The molecule has 27 heavy (non-hydrogen) atoms. The Morgan fingerprint density at radius 1 is 0.963 bits per heavy atom. The number of azo groups is 1. The van der Waals surface area contributed by atoms with Crippen molar-refractivity contribution in [2.75, 3.05) is 11.5 Å². The molecule has 0 saturated carbocycles. The maximum atomic E-state index is 11.8. The van der Waals surface area contributed by atoms with Crippen molar-refractivity contribution in [1.29, 1.82) is 0 Å². The van der Waals surface area contributed by atoms with Gasteiger partial charge in [0.1, 0.15) is 10.6 Å². The van der Waals surface area contributed by atoms with Crippen LogP contribution in [0, 0.1) is 0 Å². The van der Waals surface area contributed by atoms with Crippen molar-refractivity contribution < 1.29 is 52.7 Å². The number of phenolic OH excluding ortho intramolecular Hbond substituents is 1. The number of aromatic hydroxyl groups is 1. The third-order valence-corrected chi connectivity index (χ3v) is 4.46. The van der Waals surface area contributed by atoms with Crippen LogP contribution in [0.1, 0.15) is 0 Å². The van der Waals surface area contributed by atoms with E-state index in [4.69, 9.17) is 11.5 Å². The van der Waals surface area contributed by atoms with Crippen LogP contribution in [0.25, 0.3) is 10.8 Å². The minimum Gasteiger partial charge on any atom is -0.871 e. The van der Waals surface area contributed by atoms with E-state index in [1.807, 2.05) is 0 Å². The summed E-state index contributed by atoms with van der Waals surface area (Å²) in [5.41, 5.74) is 11.1. The van der Waals surface area contributed by atoms with Crippen molar-refractivity contribution in [1.82, 2.24) is 0 Å². The van der Waals surface area contributed by atoms with Gasteiger partial charge in [-0.25, -0.2) is 0 Å². The van der Waals surface area contributed by atoms with Gasteiger partial charge in [0.15, 0.2) is 5.75 Å². The zero-order valence-corrected chi connectivity index (χ0v) is 16.9. The van der Waals surface area contributed by atoms with E-state index >= 15 is 0 Å². The molecular weight excluding hydrogens is 383 g/mol. The van der Waals surface area contributed by atoms with E-state index in [-0.39, 0.29) is 51.7 Å². The van der Waals surface area contributed by atoms with Gasteiger partial charge in [0.05, 0.1) is 5.69 Å². The van der Waals surface area contributed by atoms with Gasteiger partial charge >= 0.3 is 29.6 Å². The molecule has 9 nitrogen and oxygen atoms in total. The van der Waals surface area contributed by atoms with Gasteiger partial charge in [-0.05, 0) is 47.9 Å². The van der Waals surface area contributed by atoms with Gasteiger partial charge in [-0.2, -0.15) is 13.5 Å². The Labute approximate surface area is 176 Å². The molecule has 134 valence electrons. The Morgan fingerprint density at radius 2 is 1.59 bits per heavy atom. The minimum absolute atomic E-state index is 0. The number of anilines is 2. The molecule has 0 aliphatic rings. The summed E-state index contributed by atoms with van der Waals surface area (Å²) in [6.07, 6.45) is 0. The second kappa shape index (κ2) is 7.71. The summed E-state index contributed by atoms with van der Waals surface area (Å²) in [6, 6.07) is 9.36. The number of benzene rings is 3. The topological polar surface area (TPSA) is 174 Å². The quantitative estimate of drug-likeness (QED) is 0.199. The number of phenols is 1. The van der Waals surface area contributed by atoms with Crippen LogP contribution >= 0.6 is 0 Å². The van der Waals surface area contributed by atoms with Gasteiger partial charge < -0.3 is 21.7 Å². The van der Waals surface area contributed by atoms with Crippen LogP contribution in [0.5, 0.6) is 11.5 Å². The number of rotatable bonds is 3. The Kier molecular flexibility index (Phi) is 5.97. The van der Waals surface area contributed by atoms with Crippen LogP contribution in [0.4, 0.5) is 22.7 Å². The van der Waals surface area contributed by atoms with Gasteiger partial charge in [-0.1, -0.05) is 5.75 Å². The summed E-state index contributed by atoms with van der Waals surface area (Å²) in [4.78, 5) is -0.667. The van der Waals surface area contributed by atoms with Gasteiger partial charge in [0, 0.05) is 16.8 Å². The summed E-state index contributed by atoms with van der Waals surface area (Å²) >= 11 is 0. The molecule has 0 radical (unpaired) electrons. The van der Waals surface area contributed by atoms with E-state index in [2.05, 4.69) is 10.2 Å². The maximum Gasteiger partial charge on any atom is 1.00 e. The van der Waals surface area contributed by atoms with E-state index < -0.39 is 32.2 Å². The van der Waals surface area contributed by atoms with E-state index in [1.54, 1.807) is 0 Å². The van der Waals surface area contributed by atoms with E-state index in [0.717, 1.165) is 12.1 Å². The molecule has 0 atom stereocenters. The zero-order valence-electron chi connectivity index (χ0n) is 14.1. The number of hydrogen-bond donors (Lipinski definition) is 4. The molecule has 0 unspecified atom stereocenters. The predicted octanol–water partition coefficient (Wildman–Crippen LogP) is -0.551. The number of nitrogens with zero attached hydrogens (tertiary/aromatic N) is 2. The fourth-order valence-electron chi connectivity index (χ4n) is 2.38. The molecule has 0 bridgehead atoms. The normalized spacial score (nSPS) is 11.6. The smallest absolute Gasteiger partial charge is 0.871 e. The van der Waals surface area contributed by atoms with E-state index in [1.165, 1.54) is 30.3 Å². The molecule has 0 aliphatic heterocycles. The van der Waals surface area contributed by atoms with Crippen molar-refractivity contribution in [3.63, 3.8) is 0 Å². The Hall–Kier alpha value is -2.37. The molecule has 0 aromatic heterocycles. The molecule has 11 heteroatoms. The third-order valence-electron chi connectivity index (χ3n) is 3.59. The first-order valence-electron chi connectivity index (χ1n) is 7.18. The summed E-state index contributed by atoms with van der Waals surface area (Å²) in [6.45, 7) is 0. The SMILES string of the molecule is Nc1ccc(N=Nc2c(S(=O)(=O)O)cc3cc(N)ccc3c2O)c([O-])c1.[Na+]. The van der Waals surface area contributed by atoms with Crippen molar-refractivity contribution in [3.8, 4) is 11.5 Å². The van der Waals surface area contributed by atoms with E-state index in [0.29, 0.717) is 5.69 Å². The second-order valence-corrected chi connectivity index (χ2v) is 6.84. The first-order chi connectivity index (χ1) is 12.2. The fraction of sp³-hybridized carbons (Fsp3) is 0. The largest absolute Gasteiger partial charge is 1.00 e. The van der Waals surface area contributed by atoms with Crippen molar-refractivity contribution >= 4 is 43.6 Å². The van der Waals surface area contributed by atoms with Gasteiger partial charge in [0.25, 0.3) is 10.1 Å². The Morgan fingerprint density at radius 3 is 2.22 bits per heavy atom.